The molecule has 1 atom stereocenters. The Bertz CT molecular complexity index is 929. The van der Waals surface area contributed by atoms with E-state index in [2.05, 4.69) is 4.74 Å². The van der Waals surface area contributed by atoms with E-state index in [0.29, 0.717) is 0 Å². The summed E-state index contributed by atoms with van der Waals surface area (Å²) in [4.78, 5) is 23.8. The summed E-state index contributed by atoms with van der Waals surface area (Å²) in [5.41, 5.74) is -2.84. The number of benzene rings is 1. The van der Waals surface area contributed by atoms with Crippen molar-refractivity contribution >= 4 is 5.97 Å². The number of rotatable bonds is 4. The van der Waals surface area contributed by atoms with E-state index in [1.54, 1.807) is 6.07 Å². The molecule has 0 bridgehead atoms. The van der Waals surface area contributed by atoms with Gasteiger partial charge in [0.2, 0.25) is 0 Å². The molecule has 136 valence electrons. The summed E-state index contributed by atoms with van der Waals surface area (Å²) in [6, 6.07) is 7.02. The molecule has 2 aromatic rings. The molecule has 1 aromatic heterocycles. The molecule has 0 aliphatic rings. The molecule has 0 aliphatic heterocycles. The van der Waals surface area contributed by atoms with Crippen molar-refractivity contribution in [1.29, 1.82) is 5.26 Å². The van der Waals surface area contributed by atoms with Crippen LogP contribution in [0.1, 0.15) is 33.2 Å². The lowest BCUT2D eigenvalue weighted by atomic mass is 10.0. The van der Waals surface area contributed by atoms with Gasteiger partial charge in [-0.05, 0) is 17.7 Å². The highest BCUT2D eigenvalue weighted by molar-refractivity contribution is 5.89. The van der Waals surface area contributed by atoms with Gasteiger partial charge in [-0.3, -0.25) is 4.79 Å². The Morgan fingerprint density at radius 3 is 2.62 bits per heavy atom. The Balaban J connectivity index is 2.48. The first kappa shape index (κ1) is 19.2. The molecule has 1 heterocycles. The van der Waals surface area contributed by atoms with Gasteiger partial charge in [-0.25, -0.2) is 4.79 Å². The second-order valence-corrected chi connectivity index (χ2v) is 5.30. The maximum absolute atomic E-state index is 13.1. The van der Waals surface area contributed by atoms with E-state index in [1.165, 1.54) is 12.1 Å². The molecule has 9 heteroatoms. The van der Waals surface area contributed by atoms with Gasteiger partial charge in [0.15, 0.2) is 0 Å². The Morgan fingerprint density at radius 2 is 2.04 bits per heavy atom. The number of pyridine rings is 1. The zero-order valence-electron chi connectivity index (χ0n) is 13.4. The second kappa shape index (κ2) is 7.41. The molecule has 6 nitrogen and oxygen atoms in total. The molecule has 1 unspecified atom stereocenters. The van der Waals surface area contributed by atoms with Gasteiger partial charge in [-0.15, -0.1) is 0 Å². The van der Waals surface area contributed by atoms with Crippen LogP contribution in [0, 0.1) is 11.3 Å². The van der Waals surface area contributed by atoms with Crippen LogP contribution in [0.5, 0.6) is 0 Å². The zero-order chi connectivity index (χ0) is 19.5. The largest absolute Gasteiger partial charge is 0.465 e. The van der Waals surface area contributed by atoms with Crippen molar-refractivity contribution in [2.75, 3.05) is 7.11 Å². The Morgan fingerprint density at radius 1 is 1.38 bits per heavy atom. The van der Waals surface area contributed by atoms with Crippen LogP contribution in [0.3, 0.4) is 0 Å². The Labute approximate surface area is 145 Å². The quantitative estimate of drug-likeness (QED) is 0.838. The molecule has 26 heavy (non-hydrogen) atoms. The number of nitrogens with zero attached hydrogens (tertiary/aromatic N) is 2. The average molecular weight is 366 g/mol. The monoisotopic (exact) mass is 366 g/mol. The molecular formula is C17H13F3N2O4. The zero-order valence-corrected chi connectivity index (χ0v) is 13.4. The number of hydrogen-bond donors (Lipinski definition) is 1. The number of aliphatic hydroxyl groups excluding tert-OH is 1. The average Bonchev–Trinajstić information content (AvgIpc) is 2.61. The number of esters is 1. The minimum atomic E-state index is -4.69. The van der Waals surface area contributed by atoms with Crippen molar-refractivity contribution in [2.24, 2.45) is 0 Å². The van der Waals surface area contributed by atoms with E-state index >= 15 is 0 Å². The van der Waals surface area contributed by atoms with Crippen LogP contribution in [0.4, 0.5) is 13.2 Å². The molecule has 2 rings (SSSR count). The number of halogens is 3. The molecule has 0 amide bonds. The normalized spacial score (nSPS) is 12.3. The van der Waals surface area contributed by atoms with Gasteiger partial charge in [0, 0.05) is 6.20 Å². The maximum atomic E-state index is 13.1. The van der Waals surface area contributed by atoms with Gasteiger partial charge in [0.05, 0.1) is 30.9 Å². The summed E-state index contributed by atoms with van der Waals surface area (Å²) in [6.45, 7) is -0.578. The lowest BCUT2D eigenvalue weighted by Gasteiger charge is -2.18. The summed E-state index contributed by atoms with van der Waals surface area (Å²) >= 11 is 0. The predicted molar refractivity (Wildman–Crippen MR) is 83.2 cm³/mol. The molecule has 0 saturated heterocycles. The molecule has 0 spiro atoms. The first-order valence-corrected chi connectivity index (χ1v) is 7.26. The highest BCUT2D eigenvalue weighted by Crippen LogP contribution is 2.34. The van der Waals surface area contributed by atoms with E-state index in [-0.39, 0.29) is 5.56 Å². The number of carbonyl (C=O) groups excluding carboxylic acids is 1. The van der Waals surface area contributed by atoms with Gasteiger partial charge in [0.1, 0.15) is 11.6 Å². The van der Waals surface area contributed by atoms with E-state index < -0.39 is 47.0 Å². The summed E-state index contributed by atoms with van der Waals surface area (Å²) in [6.07, 6.45) is -5.35. The van der Waals surface area contributed by atoms with Crippen molar-refractivity contribution in [3.8, 4) is 6.07 Å². The van der Waals surface area contributed by atoms with Crippen LogP contribution in [-0.4, -0.2) is 22.8 Å². The fraction of sp³-hybridized carbons (Fsp3) is 0.235. The van der Waals surface area contributed by atoms with Gasteiger partial charge in [-0.2, -0.15) is 18.4 Å². The number of carbonyl (C=O) groups is 1. The lowest BCUT2D eigenvalue weighted by Crippen LogP contribution is -2.27. The molecule has 0 saturated carbocycles. The third kappa shape index (κ3) is 3.92. The number of hydrogen-bond acceptors (Lipinski definition) is 5. The van der Waals surface area contributed by atoms with Gasteiger partial charge < -0.3 is 14.4 Å². The highest BCUT2D eigenvalue weighted by Gasteiger charge is 2.34. The summed E-state index contributed by atoms with van der Waals surface area (Å²) < 4.78 is 44.5. The molecule has 0 aliphatic carbocycles. The predicted octanol–water partition coefficient (Wildman–Crippen LogP) is 2.26. The standard InChI is InChI=1S/C17H13F3N2O4/c1-26-16(25)11-6-10(7-21)15(24)22(8-11)9-14(23)12-4-2-3-5-13(12)17(18,19)20/h2-6,8,14,23H,9H2,1H3. The van der Waals surface area contributed by atoms with Crippen molar-refractivity contribution in [3.05, 3.63) is 69.1 Å². The number of alkyl halides is 3. The van der Waals surface area contributed by atoms with Gasteiger partial charge in [-0.1, -0.05) is 18.2 Å². The number of aliphatic hydroxyl groups is 1. The van der Waals surface area contributed by atoms with E-state index in [1.807, 2.05) is 0 Å². The summed E-state index contributed by atoms with van der Waals surface area (Å²) in [7, 11) is 1.10. The van der Waals surface area contributed by atoms with E-state index in [4.69, 9.17) is 5.26 Å². The highest BCUT2D eigenvalue weighted by atomic mass is 19.4. The first-order valence-electron chi connectivity index (χ1n) is 7.26. The first-order chi connectivity index (χ1) is 12.2. The third-order valence-electron chi connectivity index (χ3n) is 3.62. The van der Waals surface area contributed by atoms with Crippen molar-refractivity contribution in [2.45, 2.75) is 18.8 Å². The third-order valence-corrected chi connectivity index (χ3v) is 3.62. The Kier molecular flexibility index (Phi) is 5.47. The van der Waals surface area contributed by atoms with Crippen molar-refractivity contribution in [3.63, 3.8) is 0 Å². The van der Waals surface area contributed by atoms with Crippen molar-refractivity contribution in [1.82, 2.24) is 4.57 Å². The van der Waals surface area contributed by atoms with Crippen LogP contribution >= 0.6 is 0 Å². The fourth-order valence-corrected chi connectivity index (χ4v) is 2.41. The molecule has 1 N–H and O–H groups in total. The van der Waals surface area contributed by atoms with Crippen LogP contribution in [0.2, 0.25) is 0 Å². The van der Waals surface area contributed by atoms with E-state index in [9.17, 15) is 27.9 Å². The number of methoxy groups -OCH3 is 1. The smallest absolute Gasteiger partial charge is 0.416 e. The van der Waals surface area contributed by atoms with Crippen molar-refractivity contribution < 1.29 is 27.8 Å². The SMILES string of the molecule is COC(=O)c1cc(C#N)c(=O)n(CC(O)c2ccccc2C(F)(F)F)c1. The van der Waals surface area contributed by atoms with Gasteiger partial charge >= 0.3 is 12.1 Å². The van der Waals surface area contributed by atoms with Crippen LogP contribution in [0.15, 0.2) is 41.3 Å². The van der Waals surface area contributed by atoms with E-state index in [0.717, 1.165) is 36.1 Å². The fourth-order valence-electron chi connectivity index (χ4n) is 2.41. The molecular weight excluding hydrogens is 353 g/mol. The van der Waals surface area contributed by atoms with Crippen LogP contribution in [-0.2, 0) is 17.5 Å². The topological polar surface area (TPSA) is 92.3 Å². The lowest BCUT2D eigenvalue weighted by molar-refractivity contribution is -0.139. The van der Waals surface area contributed by atoms with Crippen LogP contribution in [0.25, 0.3) is 0 Å². The second-order valence-electron chi connectivity index (χ2n) is 5.30. The number of aromatic nitrogens is 1. The minimum absolute atomic E-state index is 0.139. The molecule has 0 radical (unpaired) electrons. The maximum Gasteiger partial charge on any atom is 0.416 e. The van der Waals surface area contributed by atoms with Crippen LogP contribution < -0.4 is 5.56 Å². The minimum Gasteiger partial charge on any atom is -0.465 e. The molecule has 0 fully saturated rings. The summed E-state index contributed by atoms with van der Waals surface area (Å²) in [5.74, 6) is -0.833. The summed E-state index contributed by atoms with van der Waals surface area (Å²) in [5, 5.41) is 19.2. The number of ether oxygens (including phenoxy) is 1. The Hall–Kier alpha value is -3.12. The van der Waals surface area contributed by atoms with Gasteiger partial charge in [0.25, 0.3) is 5.56 Å². The number of nitriles is 1. The molecule has 1 aromatic carbocycles.